The zero-order valence-electron chi connectivity index (χ0n) is 11.3. The second kappa shape index (κ2) is 5.66. The Bertz CT molecular complexity index is 683. The summed E-state index contributed by atoms with van der Waals surface area (Å²) in [5.41, 5.74) is 1.75. The van der Waals surface area contributed by atoms with Gasteiger partial charge in [0.05, 0.1) is 18.7 Å². The van der Waals surface area contributed by atoms with E-state index in [1.54, 1.807) is 42.5 Å². The molecule has 1 aliphatic heterocycles. The van der Waals surface area contributed by atoms with Crippen LogP contribution >= 0.6 is 0 Å². The molecule has 106 valence electrons. The van der Waals surface area contributed by atoms with Crippen molar-refractivity contribution in [2.45, 2.75) is 6.42 Å². The van der Waals surface area contributed by atoms with Gasteiger partial charge in [0.2, 0.25) is 5.91 Å². The van der Waals surface area contributed by atoms with Crippen LogP contribution in [0.4, 0.5) is 11.4 Å². The first-order valence-corrected chi connectivity index (χ1v) is 6.65. The number of hydrogen-bond acceptors (Lipinski definition) is 3. The van der Waals surface area contributed by atoms with E-state index in [9.17, 15) is 9.59 Å². The van der Waals surface area contributed by atoms with Crippen LogP contribution in [0.2, 0.25) is 0 Å². The summed E-state index contributed by atoms with van der Waals surface area (Å²) in [5, 5.41) is 5.56. The molecule has 0 saturated carbocycles. The van der Waals surface area contributed by atoms with E-state index >= 15 is 0 Å². The van der Waals surface area contributed by atoms with Crippen molar-refractivity contribution in [3.63, 3.8) is 0 Å². The van der Waals surface area contributed by atoms with Gasteiger partial charge in [-0.2, -0.15) is 0 Å². The van der Waals surface area contributed by atoms with Crippen molar-refractivity contribution in [3.8, 4) is 5.75 Å². The van der Waals surface area contributed by atoms with E-state index < -0.39 is 0 Å². The quantitative estimate of drug-likeness (QED) is 0.889. The Labute approximate surface area is 121 Å². The Balaban J connectivity index is 1.81. The highest BCUT2D eigenvalue weighted by Crippen LogP contribution is 2.30. The minimum absolute atomic E-state index is 0.0970. The van der Waals surface area contributed by atoms with Gasteiger partial charge in [-0.05, 0) is 30.3 Å². The zero-order valence-corrected chi connectivity index (χ0v) is 11.3. The van der Waals surface area contributed by atoms with Crippen LogP contribution in [0.1, 0.15) is 16.8 Å². The fourth-order valence-corrected chi connectivity index (χ4v) is 2.09. The molecule has 0 aliphatic carbocycles. The number of anilines is 2. The van der Waals surface area contributed by atoms with Gasteiger partial charge in [-0.1, -0.05) is 18.2 Å². The fraction of sp³-hybridized carbons (Fsp3) is 0.125. The number of carbonyl (C=O) groups excluding carboxylic acids is 2. The van der Waals surface area contributed by atoms with Crippen LogP contribution in [-0.4, -0.2) is 18.4 Å². The molecule has 0 unspecified atom stereocenters. The lowest BCUT2D eigenvalue weighted by Crippen LogP contribution is -2.13. The van der Waals surface area contributed by atoms with Gasteiger partial charge in [-0.25, -0.2) is 0 Å². The van der Waals surface area contributed by atoms with Gasteiger partial charge in [0.15, 0.2) is 0 Å². The molecule has 0 saturated heterocycles. The summed E-state index contributed by atoms with van der Waals surface area (Å²) < 4.78 is 5.47. The maximum atomic E-state index is 12.1. The van der Waals surface area contributed by atoms with Gasteiger partial charge < -0.3 is 15.4 Å². The number of fused-ring (bicyclic) bond motifs is 1. The predicted molar refractivity (Wildman–Crippen MR) is 79.6 cm³/mol. The number of ether oxygens (including phenoxy) is 1. The molecule has 3 rings (SSSR count). The number of carbonyl (C=O) groups is 2. The maximum absolute atomic E-state index is 12.1. The largest absolute Gasteiger partial charge is 0.491 e. The molecule has 1 heterocycles. The van der Waals surface area contributed by atoms with Gasteiger partial charge in [0.1, 0.15) is 5.75 Å². The lowest BCUT2D eigenvalue weighted by molar-refractivity contribution is -0.116. The van der Waals surface area contributed by atoms with Crippen molar-refractivity contribution >= 4 is 23.2 Å². The highest BCUT2D eigenvalue weighted by Gasteiger charge is 2.15. The summed E-state index contributed by atoms with van der Waals surface area (Å²) in [6.07, 6.45) is 0.320. The smallest absolute Gasteiger partial charge is 0.255 e. The Morgan fingerprint density at radius 2 is 1.95 bits per heavy atom. The SMILES string of the molecule is O=C1CCOc2ccc(NC(=O)c3ccccc3)cc2N1. The molecule has 5 nitrogen and oxygen atoms in total. The van der Waals surface area contributed by atoms with E-state index in [0.29, 0.717) is 35.7 Å². The summed E-state index contributed by atoms with van der Waals surface area (Å²) >= 11 is 0. The van der Waals surface area contributed by atoms with Crippen LogP contribution in [0.5, 0.6) is 5.75 Å². The zero-order chi connectivity index (χ0) is 14.7. The van der Waals surface area contributed by atoms with Crippen molar-refractivity contribution < 1.29 is 14.3 Å². The molecule has 2 aromatic carbocycles. The summed E-state index contributed by atoms with van der Waals surface area (Å²) in [6, 6.07) is 14.1. The Kier molecular flexibility index (Phi) is 3.55. The average molecular weight is 282 g/mol. The van der Waals surface area contributed by atoms with Crippen LogP contribution in [0.25, 0.3) is 0 Å². The maximum Gasteiger partial charge on any atom is 0.255 e. The number of rotatable bonds is 2. The standard InChI is InChI=1S/C16H14N2O3/c19-15-8-9-21-14-7-6-12(10-13(14)18-15)17-16(20)11-4-2-1-3-5-11/h1-7,10H,8-9H2,(H,17,20)(H,18,19). The van der Waals surface area contributed by atoms with Crippen LogP contribution in [0, 0.1) is 0 Å². The number of benzene rings is 2. The molecule has 2 aromatic rings. The van der Waals surface area contributed by atoms with Gasteiger partial charge >= 0.3 is 0 Å². The fourth-order valence-electron chi connectivity index (χ4n) is 2.09. The third-order valence-electron chi connectivity index (χ3n) is 3.13. The molecule has 0 spiro atoms. The van der Waals surface area contributed by atoms with E-state index in [-0.39, 0.29) is 11.8 Å². The highest BCUT2D eigenvalue weighted by atomic mass is 16.5. The summed E-state index contributed by atoms with van der Waals surface area (Å²) in [7, 11) is 0. The lowest BCUT2D eigenvalue weighted by atomic mass is 10.2. The second-order valence-electron chi connectivity index (χ2n) is 4.68. The normalized spacial score (nSPS) is 13.4. The molecule has 5 heteroatoms. The second-order valence-corrected chi connectivity index (χ2v) is 4.68. The minimum atomic E-state index is -0.198. The molecule has 0 radical (unpaired) electrons. The van der Waals surface area contributed by atoms with E-state index in [4.69, 9.17) is 4.74 Å². The Hall–Kier alpha value is -2.82. The lowest BCUT2D eigenvalue weighted by Gasteiger charge is -2.10. The molecular formula is C16H14N2O3. The number of hydrogen-bond donors (Lipinski definition) is 2. The van der Waals surface area contributed by atoms with Crippen LogP contribution in [-0.2, 0) is 4.79 Å². The Morgan fingerprint density at radius 3 is 2.76 bits per heavy atom. The highest BCUT2D eigenvalue weighted by molar-refractivity contribution is 6.05. The van der Waals surface area contributed by atoms with E-state index in [0.717, 1.165) is 0 Å². The minimum Gasteiger partial charge on any atom is -0.491 e. The third kappa shape index (κ3) is 3.02. The number of amides is 2. The summed E-state index contributed by atoms with van der Waals surface area (Å²) in [5.74, 6) is 0.315. The van der Waals surface area contributed by atoms with Gasteiger partial charge in [-0.15, -0.1) is 0 Å². The van der Waals surface area contributed by atoms with Crippen molar-refractivity contribution in [2.75, 3.05) is 17.2 Å². The molecule has 2 N–H and O–H groups in total. The van der Waals surface area contributed by atoms with Crippen molar-refractivity contribution in [2.24, 2.45) is 0 Å². The molecule has 21 heavy (non-hydrogen) atoms. The topological polar surface area (TPSA) is 67.4 Å². The third-order valence-corrected chi connectivity index (χ3v) is 3.13. The molecular weight excluding hydrogens is 268 g/mol. The monoisotopic (exact) mass is 282 g/mol. The van der Waals surface area contributed by atoms with Crippen LogP contribution < -0.4 is 15.4 Å². The predicted octanol–water partition coefficient (Wildman–Crippen LogP) is 2.66. The average Bonchev–Trinajstić information content (AvgIpc) is 2.68. The van der Waals surface area contributed by atoms with Crippen LogP contribution in [0.15, 0.2) is 48.5 Å². The van der Waals surface area contributed by atoms with Crippen molar-refractivity contribution in [1.82, 2.24) is 0 Å². The summed E-state index contributed by atoms with van der Waals surface area (Å²) in [4.78, 5) is 23.6. The Morgan fingerprint density at radius 1 is 1.14 bits per heavy atom. The van der Waals surface area contributed by atoms with Crippen LogP contribution in [0.3, 0.4) is 0 Å². The van der Waals surface area contributed by atoms with E-state index in [1.165, 1.54) is 0 Å². The van der Waals surface area contributed by atoms with Gasteiger partial charge in [0.25, 0.3) is 5.91 Å². The first kappa shape index (κ1) is 13.2. The van der Waals surface area contributed by atoms with E-state index in [1.807, 2.05) is 6.07 Å². The van der Waals surface area contributed by atoms with Crippen molar-refractivity contribution in [3.05, 3.63) is 54.1 Å². The molecule has 0 atom stereocenters. The molecule has 0 bridgehead atoms. The van der Waals surface area contributed by atoms with E-state index in [2.05, 4.69) is 10.6 Å². The summed E-state index contributed by atoms with van der Waals surface area (Å²) in [6.45, 7) is 0.356. The molecule has 0 fully saturated rings. The molecule has 2 amide bonds. The first-order valence-electron chi connectivity index (χ1n) is 6.65. The molecule has 1 aliphatic rings. The van der Waals surface area contributed by atoms with Gasteiger partial charge in [0, 0.05) is 11.3 Å². The van der Waals surface area contributed by atoms with Gasteiger partial charge in [-0.3, -0.25) is 9.59 Å². The number of nitrogens with one attached hydrogen (secondary N) is 2. The van der Waals surface area contributed by atoms with Crippen molar-refractivity contribution in [1.29, 1.82) is 0 Å². The first-order chi connectivity index (χ1) is 10.2. The molecule has 0 aromatic heterocycles.